The van der Waals surface area contributed by atoms with Gasteiger partial charge < -0.3 is 14.6 Å². The van der Waals surface area contributed by atoms with Crippen molar-refractivity contribution in [1.29, 1.82) is 0 Å². The number of ether oxygens (including phenoxy) is 1. The molecule has 0 atom stereocenters. The van der Waals surface area contributed by atoms with Gasteiger partial charge in [0.2, 0.25) is 0 Å². The minimum absolute atomic E-state index is 0.0729. The second kappa shape index (κ2) is 7.35. The van der Waals surface area contributed by atoms with Crippen LogP contribution in [0.2, 0.25) is 0 Å². The van der Waals surface area contributed by atoms with Crippen LogP contribution >= 0.6 is 0 Å². The number of nitrogens with zero attached hydrogens (tertiary/aromatic N) is 2. The molecule has 2 rings (SSSR count). The predicted molar refractivity (Wildman–Crippen MR) is 79.7 cm³/mol. The van der Waals surface area contributed by atoms with Crippen molar-refractivity contribution in [2.24, 2.45) is 0 Å². The van der Waals surface area contributed by atoms with Crippen LogP contribution in [-0.2, 0) is 21.3 Å². The average Bonchev–Trinajstić information content (AvgIpc) is 2.87. The van der Waals surface area contributed by atoms with Gasteiger partial charge in [0.25, 0.3) is 10.0 Å². The van der Waals surface area contributed by atoms with Gasteiger partial charge in [-0.2, -0.15) is 0 Å². The third-order valence-electron chi connectivity index (χ3n) is 3.60. The molecule has 21 heavy (non-hydrogen) atoms. The Morgan fingerprint density at radius 1 is 1.48 bits per heavy atom. The molecular weight excluding hydrogens is 292 g/mol. The Morgan fingerprint density at radius 2 is 2.19 bits per heavy atom. The van der Waals surface area contributed by atoms with Crippen molar-refractivity contribution in [3.05, 3.63) is 12.0 Å². The molecule has 1 saturated heterocycles. The zero-order valence-corrected chi connectivity index (χ0v) is 13.4. The number of sulfonamides is 1. The molecule has 1 aliphatic rings. The van der Waals surface area contributed by atoms with Gasteiger partial charge in [-0.3, -0.25) is 0 Å². The summed E-state index contributed by atoms with van der Waals surface area (Å²) in [6, 6.07) is 0. The first-order valence-electron chi connectivity index (χ1n) is 7.38. The molecule has 0 radical (unpaired) electrons. The standard InChI is InChI=1S/C13H24N4O3S/c1-3-17-10-13(16-11(17)2)21(18,19)15-8-9-20-12-4-6-14-7-5-12/h10,12,14-15H,3-9H2,1-2H3. The van der Waals surface area contributed by atoms with Crippen LogP contribution in [0.4, 0.5) is 0 Å². The largest absolute Gasteiger partial charge is 0.377 e. The van der Waals surface area contributed by atoms with Gasteiger partial charge in [-0.05, 0) is 39.8 Å². The van der Waals surface area contributed by atoms with Crippen molar-refractivity contribution in [3.63, 3.8) is 0 Å². The Hall–Kier alpha value is -0.960. The highest BCUT2D eigenvalue weighted by atomic mass is 32.2. The van der Waals surface area contributed by atoms with Crippen molar-refractivity contribution < 1.29 is 13.2 Å². The van der Waals surface area contributed by atoms with E-state index in [1.807, 2.05) is 6.92 Å². The van der Waals surface area contributed by atoms with E-state index in [2.05, 4.69) is 15.0 Å². The number of nitrogens with one attached hydrogen (secondary N) is 2. The van der Waals surface area contributed by atoms with Crippen molar-refractivity contribution in [2.75, 3.05) is 26.2 Å². The monoisotopic (exact) mass is 316 g/mol. The highest BCUT2D eigenvalue weighted by Crippen LogP contribution is 2.09. The van der Waals surface area contributed by atoms with Crippen molar-refractivity contribution in [2.45, 2.75) is 44.4 Å². The lowest BCUT2D eigenvalue weighted by Gasteiger charge is -2.22. The molecule has 1 aromatic rings. The first-order chi connectivity index (χ1) is 10.0. The molecule has 2 heterocycles. The van der Waals surface area contributed by atoms with E-state index in [0.29, 0.717) is 19.0 Å². The summed E-state index contributed by atoms with van der Waals surface area (Å²) in [4.78, 5) is 4.09. The van der Waals surface area contributed by atoms with E-state index in [9.17, 15) is 8.42 Å². The number of aromatic nitrogens is 2. The molecule has 1 aromatic heterocycles. The first kappa shape index (κ1) is 16.4. The number of hydrogen-bond donors (Lipinski definition) is 2. The highest BCUT2D eigenvalue weighted by molar-refractivity contribution is 7.89. The van der Waals surface area contributed by atoms with Crippen LogP contribution in [0.5, 0.6) is 0 Å². The molecular formula is C13H24N4O3S. The van der Waals surface area contributed by atoms with Gasteiger partial charge in [0, 0.05) is 19.3 Å². The van der Waals surface area contributed by atoms with Crippen LogP contribution in [0.3, 0.4) is 0 Å². The molecule has 0 aromatic carbocycles. The maximum Gasteiger partial charge on any atom is 0.259 e. The zero-order valence-electron chi connectivity index (χ0n) is 12.6. The lowest BCUT2D eigenvalue weighted by Crippen LogP contribution is -2.34. The SMILES string of the molecule is CCn1cc(S(=O)(=O)NCCOC2CCNCC2)nc1C. The first-order valence-corrected chi connectivity index (χ1v) is 8.87. The summed E-state index contributed by atoms with van der Waals surface area (Å²) in [7, 11) is -3.55. The number of imidazole rings is 1. The summed E-state index contributed by atoms with van der Waals surface area (Å²) >= 11 is 0. The molecule has 7 nitrogen and oxygen atoms in total. The summed E-state index contributed by atoms with van der Waals surface area (Å²) in [5, 5.41) is 3.33. The van der Waals surface area contributed by atoms with E-state index in [-0.39, 0.29) is 17.7 Å². The van der Waals surface area contributed by atoms with Gasteiger partial charge in [0.1, 0.15) is 5.82 Å². The molecule has 0 spiro atoms. The van der Waals surface area contributed by atoms with Gasteiger partial charge in [-0.15, -0.1) is 0 Å². The van der Waals surface area contributed by atoms with Gasteiger partial charge in [0.05, 0.1) is 12.7 Å². The fourth-order valence-corrected chi connectivity index (χ4v) is 3.38. The molecule has 2 N–H and O–H groups in total. The topological polar surface area (TPSA) is 85.2 Å². The molecule has 0 amide bonds. The molecule has 120 valence electrons. The van der Waals surface area contributed by atoms with E-state index < -0.39 is 10.0 Å². The Kier molecular flexibility index (Phi) is 5.74. The number of aryl methyl sites for hydroxylation is 2. The predicted octanol–water partition coefficient (Wildman–Crippen LogP) is 0.258. The minimum Gasteiger partial charge on any atom is -0.377 e. The lowest BCUT2D eigenvalue weighted by atomic mass is 10.1. The third kappa shape index (κ3) is 4.50. The molecule has 0 saturated carbocycles. The smallest absolute Gasteiger partial charge is 0.259 e. The summed E-state index contributed by atoms with van der Waals surface area (Å²) < 4.78 is 34.2. The number of hydrogen-bond acceptors (Lipinski definition) is 5. The van der Waals surface area contributed by atoms with Gasteiger partial charge >= 0.3 is 0 Å². The van der Waals surface area contributed by atoms with Crippen LogP contribution in [0.1, 0.15) is 25.6 Å². The summed E-state index contributed by atoms with van der Waals surface area (Å²) in [6.07, 6.45) is 3.75. The van der Waals surface area contributed by atoms with Crippen LogP contribution < -0.4 is 10.0 Å². The Bertz CT molecular complexity index is 550. The normalized spacial score (nSPS) is 17.2. The van der Waals surface area contributed by atoms with Gasteiger partial charge in [-0.1, -0.05) is 0 Å². The minimum atomic E-state index is -3.55. The van der Waals surface area contributed by atoms with Gasteiger partial charge in [-0.25, -0.2) is 18.1 Å². The van der Waals surface area contributed by atoms with Crippen molar-refractivity contribution in [1.82, 2.24) is 19.6 Å². The summed E-state index contributed by atoms with van der Waals surface area (Å²) in [5.74, 6) is 0.698. The molecule has 8 heteroatoms. The van der Waals surface area contributed by atoms with Crippen LogP contribution in [0, 0.1) is 6.92 Å². The molecule has 0 aliphatic carbocycles. The van der Waals surface area contributed by atoms with E-state index in [0.717, 1.165) is 25.9 Å². The Morgan fingerprint density at radius 3 is 2.81 bits per heavy atom. The van der Waals surface area contributed by atoms with Crippen LogP contribution in [0.15, 0.2) is 11.2 Å². The van der Waals surface area contributed by atoms with Crippen LogP contribution in [0.25, 0.3) is 0 Å². The molecule has 0 bridgehead atoms. The number of rotatable bonds is 7. The second-order valence-corrected chi connectivity index (χ2v) is 6.84. The quantitative estimate of drug-likeness (QED) is 0.705. The fourth-order valence-electron chi connectivity index (χ4n) is 2.37. The average molecular weight is 316 g/mol. The van der Waals surface area contributed by atoms with Gasteiger partial charge in [0.15, 0.2) is 5.03 Å². The Labute approximate surface area is 126 Å². The third-order valence-corrected chi connectivity index (χ3v) is 4.94. The molecule has 0 unspecified atom stereocenters. The van der Waals surface area contributed by atoms with Crippen LogP contribution in [-0.4, -0.2) is 50.3 Å². The van der Waals surface area contributed by atoms with Crippen molar-refractivity contribution in [3.8, 4) is 0 Å². The van der Waals surface area contributed by atoms with E-state index in [1.54, 1.807) is 17.7 Å². The molecule has 1 aliphatic heterocycles. The van der Waals surface area contributed by atoms with Crippen molar-refractivity contribution >= 4 is 10.0 Å². The van der Waals surface area contributed by atoms with E-state index in [4.69, 9.17) is 4.74 Å². The second-order valence-electron chi connectivity index (χ2n) is 5.13. The highest BCUT2D eigenvalue weighted by Gasteiger charge is 2.19. The Balaban J connectivity index is 1.80. The van der Waals surface area contributed by atoms with E-state index >= 15 is 0 Å². The number of piperidine rings is 1. The van der Waals surface area contributed by atoms with E-state index in [1.165, 1.54) is 0 Å². The maximum atomic E-state index is 12.1. The summed E-state index contributed by atoms with van der Waals surface area (Å²) in [6.45, 7) is 7.03. The zero-order chi connectivity index (χ0) is 15.3. The molecule has 1 fully saturated rings. The maximum absolute atomic E-state index is 12.1. The lowest BCUT2D eigenvalue weighted by molar-refractivity contribution is 0.0366. The summed E-state index contributed by atoms with van der Waals surface area (Å²) in [5.41, 5.74) is 0. The fraction of sp³-hybridized carbons (Fsp3) is 0.769.